The first-order valence-corrected chi connectivity index (χ1v) is 9.02. The van der Waals surface area contributed by atoms with Gasteiger partial charge in [0, 0.05) is 45.1 Å². The fourth-order valence-electron chi connectivity index (χ4n) is 3.54. The number of imidazole rings is 1. The third kappa shape index (κ3) is 3.48. The van der Waals surface area contributed by atoms with Crippen molar-refractivity contribution in [2.45, 2.75) is 13.5 Å². The smallest absolute Gasteiger partial charge is 0.210 e. The second-order valence-electron chi connectivity index (χ2n) is 6.80. The summed E-state index contributed by atoms with van der Waals surface area (Å²) in [7, 11) is 0. The number of aromatic nitrogens is 2. The maximum Gasteiger partial charge on any atom is 0.210 e. The molecular weight excluding hydrogens is 327 g/mol. The Morgan fingerprint density at radius 1 is 1.00 bits per heavy atom. The lowest BCUT2D eigenvalue weighted by atomic mass is 10.1. The van der Waals surface area contributed by atoms with Crippen LogP contribution in [-0.4, -0.2) is 40.6 Å². The number of hydrogen-bond donors (Lipinski definition) is 0. The van der Waals surface area contributed by atoms with Crippen molar-refractivity contribution in [3.63, 3.8) is 0 Å². The van der Waals surface area contributed by atoms with Crippen LogP contribution in [0.25, 0.3) is 5.69 Å². The molecule has 1 aromatic heterocycles. The van der Waals surface area contributed by atoms with E-state index in [0.29, 0.717) is 5.69 Å². The quantitative estimate of drug-likeness (QED) is 0.718. The molecule has 3 aromatic rings. The van der Waals surface area contributed by atoms with E-state index in [-0.39, 0.29) is 5.82 Å². The van der Waals surface area contributed by atoms with E-state index in [2.05, 4.69) is 46.0 Å². The summed E-state index contributed by atoms with van der Waals surface area (Å²) in [5.41, 5.74) is 3.20. The largest absolute Gasteiger partial charge is 0.339 e. The number of hydrogen-bond acceptors (Lipinski definition) is 3. The Bertz CT molecular complexity index is 881. The fraction of sp³-hybridized carbons (Fsp3) is 0.286. The number of halogens is 1. The van der Waals surface area contributed by atoms with E-state index in [1.54, 1.807) is 18.3 Å². The summed E-state index contributed by atoms with van der Waals surface area (Å²) in [6.45, 7) is 6.81. The number of para-hydroxylation sites is 1. The Morgan fingerprint density at radius 2 is 1.81 bits per heavy atom. The molecule has 4 nitrogen and oxygen atoms in total. The van der Waals surface area contributed by atoms with Crippen molar-refractivity contribution < 1.29 is 4.39 Å². The summed E-state index contributed by atoms with van der Waals surface area (Å²) in [6, 6.07) is 15.5. The van der Waals surface area contributed by atoms with Gasteiger partial charge in [-0.2, -0.15) is 0 Å². The Labute approximate surface area is 153 Å². The zero-order chi connectivity index (χ0) is 17.9. The molecule has 1 saturated heterocycles. The van der Waals surface area contributed by atoms with Gasteiger partial charge < -0.3 is 4.90 Å². The van der Waals surface area contributed by atoms with Gasteiger partial charge in [-0.15, -0.1) is 0 Å². The average Bonchev–Trinajstić information content (AvgIpc) is 3.12. The second kappa shape index (κ2) is 7.30. The Balaban J connectivity index is 1.45. The summed E-state index contributed by atoms with van der Waals surface area (Å²) < 4.78 is 16.0. The van der Waals surface area contributed by atoms with Crippen molar-refractivity contribution in [2.24, 2.45) is 0 Å². The van der Waals surface area contributed by atoms with Gasteiger partial charge in [0.15, 0.2) is 0 Å². The summed E-state index contributed by atoms with van der Waals surface area (Å²) >= 11 is 0. The third-order valence-electron chi connectivity index (χ3n) is 4.88. The van der Waals surface area contributed by atoms with Crippen LogP contribution in [0.2, 0.25) is 0 Å². The van der Waals surface area contributed by atoms with Crippen LogP contribution in [0.5, 0.6) is 0 Å². The molecule has 5 heteroatoms. The molecule has 0 spiro atoms. The Kier molecular flexibility index (Phi) is 4.71. The van der Waals surface area contributed by atoms with Gasteiger partial charge in [0.2, 0.25) is 5.95 Å². The van der Waals surface area contributed by atoms with Gasteiger partial charge in [-0.25, -0.2) is 9.37 Å². The van der Waals surface area contributed by atoms with Gasteiger partial charge >= 0.3 is 0 Å². The van der Waals surface area contributed by atoms with Crippen LogP contribution in [0, 0.1) is 12.7 Å². The van der Waals surface area contributed by atoms with Gasteiger partial charge in [0.1, 0.15) is 5.82 Å². The molecule has 0 saturated carbocycles. The number of nitrogens with zero attached hydrogens (tertiary/aromatic N) is 4. The van der Waals surface area contributed by atoms with Crippen LogP contribution < -0.4 is 4.90 Å². The van der Waals surface area contributed by atoms with Crippen molar-refractivity contribution in [1.29, 1.82) is 0 Å². The van der Waals surface area contributed by atoms with E-state index in [9.17, 15) is 4.39 Å². The van der Waals surface area contributed by atoms with Crippen molar-refractivity contribution >= 4 is 5.95 Å². The number of piperazine rings is 1. The minimum Gasteiger partial charge on any atom is -0.339 e. The zero-order valence-electron chi connectivity index (χ0n) is 15.0. The molecular formula is C21H23FN4. The van der Waals surface area contributed by atoms with E-state index in [1.165, 1.54) is 17.2 Å². The lowest BCUT2D eigenvalue weighted by Gasteiger charge is -2.35. The standard InChI is InChI=1S/C21H23FN4/c1-17-5-4-6-18(15-17)16-24-11-13-25(14-12-24)21-23-9-10-26(21)20-8-3-2-7-19(20)22/h2-10,15H,11-14,16H2,1H3. The maximum atomic E-state index is 14.2. The van der Waals surface area contributed by atoms with E-state index in [0.717, 1.165) is 38.7 Å². The Hall–Kier alpha value is -2.66. The molecule has 26 heavy (non-hydrogen) atoms. The number of anilines is 1. The average molecular weight is 350 g/mol. The molecule has 0 aliphatic carbocycles. The molecule has 1 aliphatic rings. The highest BCUT2D eigenvalue weighted by molar-refractivity contribution is 5.44. The summed E-state index contributed by atoms with van der Waals surface area (Å²) in [5.74, 6) is 0.579. The fourth-order valence-corrected chi connectivity index (χ4v) is 3.54. The maximum absolute atomic E-state index is 14.2. The minimum absolute atomic E-state index is 0.232. The highest BCUT2D eigenvalue weighted by Gasteiger charge is 2.21. The first-order valence-electron chi connectivity index (χ1n) is 9.02. The van der Waals surface area contributed by atoms with E-state index in [4.69, 9.17) is 0 Å². The summed E-state index contributed by atoms with van der Waals surface area (Å²) in [5, 5.41) is 0. The molecule has 0 radical (unpaired) electrons. The first kappa shape index (κ1) is 16.8. The molecule has 0 bridgehead atoms. The number of rotatable bonds is 4. The van der Waals surface area contributed by atoms with Gasteiger partial charge in [-0.3, -0.25) is 9.47 Å². The van der Waals surface area contributed by atoms with Crippen molar-refractivity contribution in [3.8, 4) is 5.69 Å². The van der Waals surface area contributed by atoms with Crippen LogP contribution in [0.15, 0.2) is 60.9 Å². The number of benzene rings is 2. The summed E-state index contributed by atoms with van der Waals surface area (Å²) in [6.07, 6.45) is 3.56. The highest BCUT2D eigenvalue weighted by atomic mass is 19.1. The normalized spacial score (nSPS) is 15.4. The predicted octanol–water partition coefficient (Wildman–Crippen LogP) is 3.64. The van der Waals surface area contributed by atoms with E-state index < -0.39 is 0 Å². The van der Waals surface area contributed by atoms with Crippen LogP contribution >= 0.6 is 0 Å². The molecule has 1 fully saturated rings. The van der Waals surface area contributed by atoms with Crippen LogP contribution in [0.3, 0.4) is 0 Å². The highest BCUT2D eigenvalue weighted by Crippen LogP contribution is 2.22. The Morgan fingerprint density at radius 3 is 2.58 bits per heavy atom. The first-order chi connectivity index (χ1) is 12.7. The third-order valence-corrected chi connectivity index (χ3v) is 4.88. The molecule has 4 rings (SSSR count). The topological polar surface area (TPSA) is 24.3 Å². The minimum atomic E-state index is -0.232. The van der Waals surface area contributed by atoms with E-state index in [1.807, 2.05) is 16.8 Å². The van der Waals surface area contributed by atoms with Gasteiger partial charge in [0.25, 0.3) is 0 Å². The van der Waals surface area contributed by atoms with Gasteiger partial charge in [0.05, 0.1) is 5.69 Å². The monoisotopic (exact) mass is 350 g/mol. The SMILES string of the molecule is Cc1cccc(CN2CCN(c3nccn3-c3ccccc3F)CC2)c1. The molecule has 0 amide bonds. The van der Waals surface area contributed by atoms with Gasteiger partial charge in [-0.05, 0) is 24.6 Å². The van der Waals surface area contributed by atoms with Crippen molar-refractivity contribution in [2.75, 3.05) is 31.1 Å². The lowest BCUT2D eigenvalue weighted by Crippen LogP contribution is -2.46. The molecule has 0 atom stereocenters. The molecule has 0 unspecified atom stereocenters. The van der Waals surface area contributed by atoms with Crippen LogP contribution in [0.4, 0.5) is 10.3 Å². The zero-order valence-corrected chi connectivity index (χ0v) is 15.0. The molecule has 0 N–H and O–H groups in total. The lowest BCUT2D eigenvalue weighted by molar-refractivity contribution is 0.248. The van der Waals surface area contributed by atoms with Crippen LogP contribution in [0.1, 0.15) is 11.1 Å². The predicted molar refractivity (Wildman–Crippen MR) is 102 cm³/mol. The molecule has 2 aromatic carbocycles. The molecule has 2 heterocycles. The van der Waals surface area contributed by atoms with Gasteiger partial charge in [-0.1, -0.05) is 42.0 Å². The van der Waals surface area contributed by atoms with Crippen molar-refractivity contribution in [1.82, 2.24) is 14.5 Å². The summed E-state index contributed by atoms with van der Waals surface area (Å²) in [4.78, 5) is 9.18. The van der Waals surface area contributed by atoms with Crippen molar-refractivity contribution in [3.05, 3.63) is 77.9 Å². The molecule has 1 aliphatic heterocycles. The van der Waals surface area contributed by atoms with Crippen LogP contribution in [-0.2, 0) is 6.54 Å². The second-order valence-corrected chi connectivity index (χ2v) is 6.80. The molecule has 134 valence electrons. The van der Waals surface area contributed by atoms with E-state index >= 15 is 0 Å². The number of aryl methyl sites for hydroxylation is 1.